The van der Waals surface area contributed by atoms with Gasteiger partial charge in [-0.15, -0.1) is 0 Å². The van der Waals surface area contributed by atoms with Gasteiger partial charge in [-0.1, -0.05) is 12.8 Å². The molecule has 1 aliphatic carbocycles. The van der Waals surface area contributed by atoms with E-state index in [4.69, 9.17) is 4.74 Å². The van der Waals surface area contributed by atoms with Gasteiger partial charge in [0.1, 0.15) is 0 Å². The molecule has 1 rings (SSSR count). The molecule has 0 aliphatic heterocycles. The zero-order valence-electron chi connectivity index (χ0n) is 7.51. The Hall–Kier alpha value is -0.570. The Morgan fingerprint density at radius 1 is 1.42 bits per heavy atom. The quantitative estimate of drug-likeness (QED) is 0.506. The lowest BCUT2D eigenvalue weighted by Gasteiger charge is -2.17. The molecule has 3 nitrogen and oxygen atoms in total. The van der Waals surface area contributed by atoms with Gasteiger partial charge in [-0.3, -0.25) is 4.79 Å². The van der Waals surface area contributed by atoms with Crippen LogP contribution < -0.4 is 5.32 Å². The van der Waals surface area contributed by atoms with Gasteiger partial charge < -0.3 is 10.1 Å². The Balaban J connectivity index is 2.35. The Kier molecular flexibility index (Phi) is 4.08. The fourth-order valence-electron chi connectivity index (χ4n) is 1.74. The van der Waals surface area contributed by atoms with Gasteiger partial charge in [-0.05, 0) is 19.3 Å². The van der Waals surface area contributed by atoms with Crippen molar-refractivity contribution < 1.29 is 9.53 Å². The summed E-state index contributed by atoms with van der Waals surface area (Å²) in [6, 6.07) is 0.273. The first-order chi connectivity index (χ1) is 5.86. The van der Waals surface area contributed by atoms with Gasteiger partial charge in [0.25, 0.3) is 0 Å². The number of carbonyl (C=O) groups excluding carboxylic acids is 1. The average molecular weight is 170 g/mol. The van der Waals surface area contributed by atoms with Crippen LogP contribution in [0.2, 0.25) is 0 Å². The van der Waals surface area contributed by atoms with Gasteiger partial charge in [0.2, 0.25) is 0 Å². The first-order valence-corrected chi connectivity index (χ1v) is 4.52. The molecule has 1 N–H and O–H groups in total. The predicted octanol–water partition coefficient (Wildman–Crippen LogP) is 0.991. The fraction of sp³-hybridized carbons (Fsp3) is 0.889. The monoisotopic (exact) mass is 170 g/mol. The first-order valence-electron chi connectivity index (χ1n) is 4.52. The van der Waals surface area contributed by atoms with Crippen LogP contribution in [0.1, 0.15) is 32.1 Å². The van der Waals surface area contributed by atoms with Gasteiger partial charge in [0.15, 0.2) is 0 Å². The molecule has 0 spiro atoms. The van der Waals surface area contributed by atoms with Crippen LogP contribution in [0, 0.1) is 0 Å². The summed E-state index contributed by atoms with van der Waals surface area (Å²) in [6.07, 6.45) is 7.58. The van der Waals surface area contributed by atoms with E-state index in [1.165, 1.54) is 12.8 Å². The van der Waals surface area contributed by atoms with Gasteiger partial charge in [0, 0.05) is 13.2 Å². The standard InChI is InChI=1S/C9H16NO2/c1-12-9-5-3-2-4-8(6-9)10-7-11/h8-9H,2-6H2,1H3,(H,10,11). The zero-order chi connectivity index (χ0) is 8.81. The zero-order valence-corrected chi connectivity index (χ0v) is 7.51. The third-order valence-electron chi connectivity index (χ3n) is 2.47. The summed E-state index contributed by atoms with van der Waals surface area (Å²) in [5, 5.41) is 2.70. The number of hydrogen-bond acceptors (Lipinski definition) is 2. The molecule has 0 aromatic rings. The number of amides is 1. The molecule has 3 heteroatoms. The highest BCUT2D eigenvalue weighted by Crippen LogP contribution is 2.19. The van der Waals surface area contributed by atoms with Crippen LogP contribution in [0.4, 0.5) is 0 Å². The summed E-state index contributed by atoms with van der Waals surface area (Å²) in [6.45, 7) is 0. The highest BCUT2D eigenvalue weighted by Gasteiger charge is 2.18. The van der Waals surface area contributed by atoms with Crippen LogP contribution in [0.25, 0.3) is 0 Å². The second-order valence-electron chi connectivity index (χ2n) is 3.32. The molecule has 69 valence electrons. The number of ether oxygens (including phenoxy) is 1. The first kappa shape index (κ1) is 9.52. The maximum absolute atomic E-state index is 10.1. The normalized spacial score (nSPS) is 30.8. The van der Waals surface area contributed by atoms with E-state index in [-0.39, 0.29) is 6.04 Å². The van der Waals surface area contributed by atoms with Crippen molar-refractivity contribution in [2.24, 2.45) is 0 Å². The van der Waals surface area contributed by atoms with Crippen molar-refractivity contribution in [3.63, 3.8) is 0 Å². The number of rotatable bonds is 3. The molecule has 1 radical (unpaired) electrons. The van der Waals surface area contributed by atoms with Crippen LogP contribution in [0.5, 0.6) is 0 Å². The Morgan fingerprint density at radius 3 is 2.83 bits per heavy atom. The van der Waals surface area contributed by atoms with E-state index in [0.717, 1.165) is 19.3 Å². The van der Waals surface area contributed by atoms with Crippen molar-refractivity contribution in [3.8, 4) is 0 Å². The molecule has 0 aromatic carbocycles. The van der Waals surface area contributed by atoms with Gasteiger partial charge >= 0.3 is 6.41 Å². The molecular formula is C9H16NO2. The van der Waals surface area contributed by atoms with Crippen molar-refractivity contribution in [1.82, 2.24) is 5.32 Å². The van der Waals surface area contributed by atoms with Crippen LogP contribution in [-0.2, 0) is 9.53 Å². The minimum absolute atomic E-state index is 0.273. The average Bonchev–Trinajstić information content (AvgIpc) is 2.30. The third kappa shape index (κ3) is 2.81. The van der Waals surface area contributed by atoms with Crippen molar-refractivity contribution in [3.05, 3.63) is 0 Å². The van der Waals surface area contributed by atoms with E-state index in [2.05, 4.69) is 5.32 Å². The molecule has 1 amide bonds. The van der Waals surface area contributed by atoms with E-state index >= 15 is 0 Å². The molecule has 1 saturated carbocycles. The Labute approximate surface area is 73.5 Å². The van der Waals surface area contributed by atoms with E-state index in [9.17, 15) is 4.79 Å². The van der Waals surface area contributed by atoms with Gasteiger partial charge in [-0.25, -0.2) is 0 Å². The minimum Gasteiger partial charge on any atom is -0.381 e. The third-order valence-corrected chi connectivity index (χ3v) is 2.47. The second kappa shape index (κ2) is 5.14. The maximum Gasteiger partial charge on any atom is 0.309 e. The SMILES string of the molecule is COC1CCCCC(N[C]=O)C1. The number of methoxy groups -OCH3 is 1. The van der Waals surface area contributed by atoms with Crippen molar-refractivity contribution >= 4 is 6.41 Å². The molecule has 0 bridgehead atoms. The largest absolute Gasteiger partial charge is 0.381 e. The van der Waals surface area contributed by atoms with Crippen LogP contribution in [0.15, 0.2) is 0 Å². The Bertz CT molecular complexity index is 138. The van der Waals surface area contributed by atoms with Crippen molar-refractivity contribution in [2.45, 2.75) is 44.2 Å². The van der Waals surface area contributed by atoms with E-state index < -0.39 is 0 Å². The number of nitrogens with one attached hydrogen (secondary N) is 1. The smallest absolute Gasteiger partial charge is 0.309 e. The summed E-state index contributed by atoms with van der Waals surface area (Å²) in [4.78, 5) is 10.1. The van der Waals surface area contributed by atoms with E-state index in [0.29, 0.717) is 6.10 Å². The highest BCUT2D eigenvalue weighted by molar-refractivity contribution is 5.47. The van der Waals surface area contributed by atoms with Gasteiger partial charge in [0.05, 0.1) is 6.10 Å². The summed E-state index contributed by atoms with van der Waals surface area (Å²) in [7, 11) is 1.73. The number of hydrogen-bond donors (Lipinski definition) is 1. The lowest BCUT2D eigenvalue weighted by molar-refractivity contribution is 0.0851. The lowest BCUT2D eigenvalue weighted by atomic mass is 10.1. The maximum atomic E-state index is 10.1. The Morgan fingerprint density at radius 2 is 2.17 bits per heavy atom. The molecular weight excluding hydrogens is 154 g/mol. The molecule has 0 saturated heterocycles. The molecule has 1 fully saturated rings. The molecule has 2 atom stereocenters. The highest BCUT2D eigenvalue weighted by atomic mass is 16.5. The fourth-order valence-corrected chi connectivity index (χ4v) is 1.74. The van der Waals surface area contributed by atoms with Crippen LogP contribution in [0.3, 0.4) is 0 Å². The van der Waals surface area contributed by atoms with Crippen molar-refractivity contribution in [2.75, 3.05) is 7.11 Å². The lowest BCUT2D eigenvalue weighted by Crippen LogP contribution is -2.30. The predicted molar refractivity (Wildman–Crippen MR) is 46.5 cm³/mol. The van der Waals surface area contributed by atoms with Crippen LogP contribution in [-0.4, -0.2) is 25.7 Å². The molecule has 12 heavy (non-hydrogen) atoms. The van der Waals surface area contributed by atoms with E-state index in [1.807, 2.05) is 0 Å². The molecule has 2 unspecified atom stereocenters. The summed E-state index contributed by atoms with van der Waals surface area (Å²) >= 11 is 0. The molecule has 1 aliphatic rings. The van der Waals surface area contributed by atoms with Crippen molar-refractivity contribution in [1.29, 1.82) is 0 Å². The summed E-state index contributed by atoms with van der Waals surface area (Å²) in [5.74, 6) is 0. The summed E-state index contributed by atoms with van der Waals surface area (Å²) in [5.41, 5.74) is 0. The van der Waals surface area contributed by atoms with E-state index in [1.54, 1.807) is 13.5 Å². The summed E-state index contributed by atoms with van der Waals surface area (Å²) < 4.78 is 5.28. The molecule has 0 heterocycles. The van der Waals surface area contributed by atoms with Crippen LogP contribution >= 0.6 is 0 Å². The van der Waals surface area contributed by atoms with Gasteiger partial charge in [-0.2, -0.15) is 0 Å². The topological polar surface area (TPSA) is 38.3 Å². The molecule has 0 aromatic heterocycles. The minimum atomic E-state index is 0.273. The second-order valence-corrected chi connectivity index (χ2v) is 3.32.